The number of nitrogens with one attached hydrogen (secondary N) is 2. The predicted octanol–water partition coefficient (Wildman–Crippen LogP) is 5.94. The van der Waals surface area contributed by atoms with Crippen LogP contribution in [0.4, 0.5) is 11.4 Å². The number of hydrogen-bond acceptors (Lipinski definition) is 3. The molecule has 0 spiro atoms. The molecule has 1 atom stereocenters. The number of aryl methyl sites for hydroxylation is 2. The Bertz CT molecular complexity index is 820. The van der Waals surface area contributed by atoms with Gasteiger partial charge in [0, 0.05) is 22.7 Å². The van der Waals surface area contributed by atoms with Crippen LogP contribution in [0.3, 0.4) is 0 Å². The predicted molar refractivity (Wildman–Crippen MR) is 119 cm³/mol. The molecule has 28 heavy (non-hydrogen) atoms. The Hall–Kier alpha value is -2.27. The Morgan fingerprint density at radius 2 is 1.71 bits per heavy atom. The van der Waals surface area contributed by atoms with Gasteiger partial charge < -0.3 is 10.6 Å². The fraction of sp³-hybridized carbons (Fsp3) is 0.391. The largest absolute Gasteiger partial charge is 0.326 e. The third-order valence-electron chi connectivity index (χ3n) is 4.59. The van der Waals surface area contributed by atoms with Crippen LogP contribution in [-0.2, 0) is 9.59 Å². The summed E-state index contributed by atoms with van der Waals surface area (Å²) in [6.45, 7) is 8.17. The fourth-order valence-electron chi connectivity index (χ4n) is 2.74. The van der Waals surface area contributed by atoms with Crippen molar-refractivity contribution in [1.29, 1.82) is 0 Å². The van der Waals surface area contributed by atoms with Gasteiger partial charge in [0.05, 0.1) is 5.25 Å². The number of anilines is 2. The van der Waals surface area contributed by atoms with E-state index in [9.17, 15) is 9.59 Å². The van der Waals surface area contributed by atoms with Crippen molar-refractivity contribution < 1.29 is 9.59 Å². The maximum Gasteiger partial charge on any atom is 0.237 e. The van der Waals surface area contributed by atoms with Crippen LogP contribution in [0.2, 0.25) is 0 Å². The highest BCUT2D eigenvalue weighted by Gasteiger charge is 2.18. The van der Waals surface area contributed by atoms with E-state index in [1.54, 1.807) is 0 Å². The molecule has 0 saturated carbocycles. The number of thioether (sulfide) groups is 1. The maximum absolute atomic E-state index is 12.7. The van der Waals surface area contributed by atoms with Gasteiger partial charge in [-0.25, -0.2) is 0 Å². The second-order valence-electron chi connectivity index (χ2n) is 6.98. The van der Waals surface area contributed by atoms with Crippen molar-refractivity contribution in [3.63, 3.8) is 0 Å². The average molecular weight is 399 g/mol. The van der Waals surface area contributed by atoms with Gasteiger partial charge in [-0.3, -0.25) is 9.59 Å². The molecule has 2 amide bonds. The summed E-state index contributed by atoms with van der Waals surface area (Å²) in [4.78, 5) is 25.6. The molecule has 0 aliphatic rings. The summed E-state index contributed by atoms with van der Waals surface area (Å²) in [6.07, 6.45) is 3.13. The molecule has 150 valence electrons. The van der Waals surface area contributed by atoms with Gasteiger partial charge in [-0.1, -0.05) is 32.4 Å². The Morgan fingerprint density at radius 3 is 2.39 bits per heavy atom. The molecule has 0 aliphatic heterocycles. The van der Waals surface area contributed by atoms with Crippen molar-refractivity contribution in [3.05, 3.63) is 53.6 Å². The highest BCUT2D eigenvalue weighted by Crippen LogP contribution is 2.29. The van der Waals surface area contributed by atoms with Gasteiger partial charge >= 0.3 is 0 Å². The minimum absolute atomic E-state index is 0.00635. The van der Waals surface area contributed by atoms with Gasteiger partial charge in [0.25, 0.3) is 0 Å². The highest BCUT2D eigenvalue weighted by atomic mass is 32.2. The van der Waals surface area contributed by atoms with Crippen molar-refractivity contribution in [1.82, 2.24) is 0 Å². The zero-order valence-corrected chi connectivity index (χ0v) is 18.0. The third kappa shape index (κ3) is 6.71. The number of benzene rings is 2. The number of rotatable bonds is 9. The molecule has 0 fully saturated rings. The van der Waals surface area contributed by atoms with Crippen molar-refractivity contribution in [2.75, 3.05) is 10.6 Å². The molecule has 1 unspecified atom stereocenters. The van der Waals surface area contributed by atoms with Crippen molar-refractivity contribution >= 4 is 35.0 Å². The Labute approximate surface area is 172 Å². The van der Waals surface area contributed by atoms with Crippen LogP contribution in [0.15, 0.2) is 47.4 Å². The molecule has 5 heteroatoms. The van der Waals surface area contributed by atoms with E-state index < -0.39 is 0 Å². The zero-order valence-electron chi connectivity index (χ0n) is 17.2. The quantitative estimate of drug-likeness (QED) is 0.514. The SMILES string of the molecule is CCCCC(=O)Nc1cccc(SC(CC)C(=O)Nc2ccc(C)c(C)c2)c1. The summed E-state index contributed by atoms with van der Waals surface area (Å²) in [5, 5.41) is 5.76. The van der Waals surface area contributed by atoms with Crippen LogP contribution < -0.4 is 10.6 Å². The van der Waals surface area contributed by atoms with E-state index >= 15 is 0 Å². The summed E-state index contributed by atoms with van der Waals surface area (Å²) < 4.78 is 0. The van der Waals surface area contributed by atoms with Crippen LogP contribution >= 0.6 is 11.8 Å². The standard InChI is InChI=1S/C23H30N2O2S/c1-5-7-11-22(26)24-18-9-8-10-20(15-18)28-21(6-2)23(27)25-19-13-12-16(3)17(4)14-19/h8-10,12-15,21H,5-7,11H2,1-4H3,(H,24,26)(H,25,27). The Morgan fingerprint density at radius 1 is 0.964 bits per heavy atom. The first kappa shape index (κ1) is 22.0. The number of amides is 2. The van der Waals surface area contributed by atoms with Gasteiger partial charge in [0.1, 0.15) is 0 Å². The topological polar surface area (TPSA) is 58.2 Å². The lowest BCUT2D eigenvalue weighted by Gasteiger charge is -2.16. The molecule has 2 aromatic carbocycles. The second kappa shape index (κ2) is 10.9. The van der Waals surface area contributed by atoms with Crippen LogP contribution in [0.5, 0.6) is 0 Å². The van der Waals surface area contributed by atoms with Crippen LogP contribution in [0.1, 0.15) is 50.7 Å². The van der Waals surface area contributed by atoms with E-state index in [0.29, 0.717) is 12.8 Å². The first-order valence-corrected chi connectivity index (χ1v) is 10.8. The second-order valence-corrected chi connectivity index (χ2v) is 8.26. The summed E-state index contributed by atoms with van der Waals surface area (Å²) in [5.74, 6) is 0.0247. The van der Waals surface area contributed by atoms with Gasteiger partial charge in [0.15, 0.2) is 0 Å². The van der Waals surface area contributed by atoms with Crippen LogP contribution in [-0.4, -0.2) is 17.1 Å². The number of carbonyl (C=O) groups excluding carboxylic acids is 2. The van der Waals surface area contributed by atoms with Crippen molar-refractivity contribution in [3.8, 4) is 0 Å². The van der Waals surface area contributed by atoms with Crippen molar-refractivity contribution in [2.24, 2.45) is 0 Å². The Balaban J connectivity index is 2.01. The number of carbonyl (C=O) groups is 2. The van der Waals surface area contributed by atoms with Gasteiger partial charge in [-0.2, -0.15) is 0 Å². The van der Waals surface area contributed by atoms with E-state index in [2.05, 4.69) is 24.5 Å². The molecule has 2 aromatic rings. The van der Waals surface area contributed by atoms with E-state index in [-0.39, 0.29) is 17.1 Å². The number of hydrogen-bond donors (Lipinski definition) is 2. The normalized spacial score (nSPS) is 11.7. The number of unbranched alkanes of at least 4 members (excludes halogenated alkanes) is 1. The van der Waals surface area contributed by atoms with Gasteiger partial charge in [-0.15, -0.1) is 11.8 Å². The molecule has 0 aliphatic carbocycles. The summed E-state index contributed by atoms with van der Waals surface area (Å²) in [5.41, 5.74) is 3.96. The first-order chi connectivity index (χ1) is 13.4. The van der Waals surface area contributed by atoms with E-state index in [1.807, 2.05) is 56.3 Å². The molecule has 0 bridgehead atoms. The summed E-state index contributed by atoms with van der Waals surface area (Å²) in [7, 11) is 0. The molecule has 0 aromatic heterocycles. The average Bonchev–Trinajstić information content (AvgIpc) is 2.67. The smallest absolute Gasteiger partial charge is 0.237 e. The lowest BCUT2D eigenvalue weighted by atomic mass is 10.1. The molecule has 4 nitrogen and oxygen atoms in total. The third-order valence-corrected chi connectivity index (χ3v) is 5.95. The molecular weight excluding hydrogens is 368 g/mol. The minimum Gasteiger partial charge on any atom is -0.326 e. The molecule has 2 N–H and O–H groups in total. The van der Waals surface area contributed by atoms with Gasteiger partial charge in [0.2, 0.25) is 11.8 Å². The summed E-state index contributed by atoms with van der Waals surface area (Å²) >= 11 is 1.52. The lowest BCUT2D eigenvalue weighted by Crippen LogP contribution is -2.24. The molecule has 0 heterocycles. The van der Waals surface area contributed by atoms with E-state index in [1.165, 1.54) is 17.3 Å². The van der Waals surface area contributed by atoms with Crippen LogP contribution in [0.25, 0.3) is 0 Å². The lowest BCUT2D eigenvalue weighted by molar-refractivity contribution is -0.116. The molecule has 2 rings (SSSR count). The first-order valence-electron chi connectivity index (χ1n) is 9.87. The fourth-order valence-corrected chi connectivity index (χ4v) is 3.75. The minimum atomic E-state index is -0.201. The highest BCUT2D eigenvalue weighted by molar-refractivity contribution is 8.00. The van der Waals surface area contributed by atoms with E-state index in [0.717, 1.165) is 34.7 Å². The molecule has 0 radical (unpaired) electrons. The zero-order chi connectivity index (χ0) is 20.5. The van der Waals surface area contributed by atoms with Gasteiger partial charge in [-0.05, 0) is 68.1 Å². The summed E-state index contributed by atoms with van der Waals surface area (Å²) in [6, 6.07) is 13.6. The maximum atomic E-state index is 12.7. The molecular formula is C23H30N2O2S. The Kier molecular flexibility index (Phi) is 8.58. The monoisotopic (exact) mass is 398 g/mol. The van der Waals surface area contributed by atoms with Crippen molar-refractivity contribution in [2.45, 2.75) is 63.5 Å². The van der Waals surface area contributed by atoms with E-state index in [4.69, 9.17) is 0 Å². The molecule has 0 saturated heterocycles. The van der Waals surface area contributed by atoms with Crippen LogP contribution in [0, 0.1) is 13.8 Å².